The van der Waals surface area contributed by atoms with Crippen molar-refractivity contribution >= 4 is 23.4 Å². The molecule has 122 valence electrons. The highest BCUT2D eigenvalue weighted by molar-refractivity contribution is 7.98. The molecule has 2 heterocycles. The molecular formula is C17H14ClN3O2S. The molecule has 3 aromatic rings. The molecular weight excluding hydrogens is 346 g/mol. The zero-order chi connectivity index (χ0) is 16.5. The summed E-state index contributed by atoms with van der Waals surface area (Å²) in [7, 11) is 0. The van der Waals surface area contributed by atoms with E-state index in [0.717, 1.165) is 36.1 Å². The Hall–Kier alpha value is -2.05. The van der Waals surface area contributed by atoms with Gasteiger partial charge < -0.3 is 9.52 Å². The van der Waals surface area contributed by atoms with Crippen molar-refractivity contribution in [3.05, 3.63) is 52.6 Å². The van der Waals surface area contributed by atoms with Crippen molar-refractivity contribution in [2.24, 2.45) is 0 Å². The fourth-order valence-corrected chi connectivity index (χ4v) is 3.68. The zero-order valence-corrected chi connectivity index (χ0v) is 14.3. The lowest BCUT2D eigenvalue weighted by Gasteiger charge is -2.04. The highest BCUT2D eigenvalue weighted by Crippen LogP contribution is 2.32. The van der Waals surface area contributed by atoms with Crippen LogP contribution in [0.1, 0.15) is 23.6 Å². The van der Waals surface area contributed by atoms with E-state index >= 15 is 0 Å². The number of rotatable bonds is 4. The minimum Gasteiger partial charge on any atom is -0.493 e. The van der Waals surface area contributed by atoms with Gasteiger partial charge >= 0.3 is 0 Å². The van der Waals surface area contributed by atoms with E-state index in [1.54, 1.807) is 6.20 Å². The molecule has 5 nitrogen and oxygen atoms in total. The maximum Gasteiger partial charge on any atom is 0.218 e. The maximum absolute atomic E-state index is 9.97. The van der Waals surface area contributed by atoms with Crippen LogP contribution < -0.4 is 0 Å². The minimum atomic E-state index is 0.101. The molecule has 0 fully saturated rings. The van der Waals surface area contributed by atoms with Crippen molar-refractivity contribution in [2.45, 2.75) is 30.2 Å². The zero-order valence-electron chi connectivity index (χ0n) is 12.7. The molecule has 4 rings (SSSR count). The molecule has 0 amide bonds. The van der Waals surface area contributed by atoms with Gasteiger partial charge in [-0.05, 0) is 31.4 Å². The third kappa shape index (κ3) is 2.99. The lowest BCUT2D eigenvalue weighted by Crippen LogP contribution is -1.95. The summed E-state index contributed by atoms with van der Waals surface area (Å²) in [6, 6.07) is 7.48. The van der Waals surface area contributed by atoms with E-state index in [1.807, 2.05) is 24.3 Å². The average molecular weight is 360 g/mol. The number of aromatic nitrogens is 3. The van der Waals surface area contributed by atoms with Crippen LogP contribution >= 0.6 is 23.4 Å². The largest absolute Gasteiger partial charge is 0.493 e. The number of benzene rings is 1. The van der Waals surface area contributed by atoms with Crippen molar-refractivity contribution in [2.75, 3.05) is 0 Å². The number of aromatic hydroxyl groups is 1. The van der Waals surface area contributed by atoms with Crippen molar-refractivity contribution in [3.8, 4) is 17.2 Å². The molecule has 0 unspecified atom stereocenters. The van der Waals surface area contributed by atoms with Crippen LogP contribution in [0.3, 0.4) is 0 Å². The Morgan fingerprint density at radius 2 is 2.08 bits per heavy atom. The van der Waals surface area contributed by atoms with E-state index in [0.29, 0.717) is 27.6 Å². The first-order valence-corrected chi connectivity index (χ1v) is 8.98. The van der Waals surface area contributed by atoms with E-state index in [1.165, 1.54) is 11.8 Å². The Bertz CT molecular complexity index is 897. The van der Waals surface area contributed by atoms with Gasteiger partial charge in [0.15, 0.2) is 10.9 Å². The van der Waals surface area contributed by atoms with Gasteiger partial charge in [-0.25, -0.2) is 9.97 Å². The average Bonchev–Trinajstić information content (AvgIpc) is 3.22. The normalized spacial score (nSPS) is 13.2. The second-order valence-corrected chi connectivity index (χ2v) is 6.85. The van der Waals surface area contributed by atoms with Gasteiger partial charge in [-0.1, -0.05) is 35.5 Å². The molecule has 0 aliphatic heterocycles. The topological polar surface area (TPSA) is 72.0 Å². The summed E-state index contributed by atoms with van der Waals surface area (Å²) >= 11 is 7.57. The number of halogens is 1. The number of nitrogens with zero attached hydrogens (tertiary/aromatic N) is 3. The lowest BCUT2D eigenvalue weighted by molar-refractivity contribution is 0.438. The molecule has 1 aromatic carbocycles. The Labute approximate surface area is 148 Å². The van der Waals surface area contributed by atoms with Crippen LogP contribution in [0.15, 0.2) is 40.0 Å². The van der Waals surface area contributed by atoms with Crippen LogP contribution in [0.25, 0.3) is 11.3 Å². The van der Waals surface area contributed by atoms with Gasteiger partial charge in [-0.2, -0.15) is 4.98 Å². The third-order valence-corrected chi connectivity index (χ3v) is 5.07. The maximum atomic E-state index is 9.97. The lowest BCUT2D eigenvalue weighted by atomic mass is 10.2. The van der Waals surface area contributed by atoms with Crippen molar-refractivity contribution in [1.29, 1.82) is 0 Å². The Balaban J connectivity index is 1.49. The van der Waals surface area contributed by atoms with Gasteiger partial charge in [-0.15, -0.1) is 0 Å². The van der Waals surface area contributed by atoms with Crippen molar-refractivity contribution < 1.29 is 9.52 Å². The van der Waals surface area contributed by atoms with Crippen LogP contribution in [0, 0.1) is 0 Å². The molecule has 1 aliphatic rings. The summed E-state index contributed by atoms with van der Waals surface area (Å²) in [5, 5.41) is 11.1. The number of hydrogen-bond donors (Lipinski definition) is 1. The van der Waals surface area contributed by atoms with E-state index in [2.05, 4.69) is 15.0 Å². The smallest absolute Gasteiger partial charge is 0.218 e. The van der Waals surface area contributed by atoms with Gasteiger partial charge in [0.1, 0.15) is 0 Å². The second kappa shape index (κ2) is 6.45. The van der Waals surface area contributed by atoms with Gasteiger partial charge in [0, 0.05) is 11.1 Å². The highest BCUT2D eigenvalue weighted by atomic mass is 35.5. The summed E-state index contributed by atoms with van der Waals surface area (Å²) in [4.78, 5) is 12.9. The van der Waals surface area contributed by atoms with E-state index in [4.69, 9.17) is 16.0 Å². The molecule has 1 aliphatic carbocycles. The molecule has 0 atom stereocenters. The molecule has 0 spiro atoms. The van der Waals surface area contributed by atoms with Crippen LogP contribution in [-0.2, 0) is 18.6 Å². The number of aryl methyl sites for hydroxylation is 1. The Kier molecular flexibility index (Phi) is 4.16. The van der Waals surface area contributed by atoms with Gasteiger partial charge in [0.2, 0.25) is 11.8 Å². The molecule has 0 radical (unpaired) electrons. The van der Waals surface area contributed by atoms with Crippen molar-refractivity contribution in [3.63, 3.8) is 0 Å². The summed E-state index contributed by atoms with van der Waals surface area (Å²) in [6.45, 7) is 0. The highest BCUT2D eigenvalue weighted by Gasteiger charge is 2.19. The number of oxazole rings is 1. The first kappa shape index (κ1) is 15.5. The third-order valence-electron chi connectivity index (χ3n) is 3.91. The Morgan fingerprint density at radius 1 is 1.21 bits per heavy atom. The summed E-state index contributed by atoms with van der Waals surface area (Å²) < 4.78 is 5.76. The predicted octanol–water partition coefficient (Wildman–Crippen LogP) is 4.27. The number of fused-ring (bicyclic) bond motifs is 1. The molecule has 0 saturated carbocycles. The van der Waals surface area contributed by atoms with Gasteiger partial charge in [-0.3, -0.25) is 0 Å². The summed E-state index contributed by atoms with van der Waals surface area (Å²) in [6.07, 6.45) is 4.44. The van der Waals surface area contributed by atoms with E-state index in [-0.39, 0.29) is 5.88 Å². The van der Waals surface area contributed by atoms with Crippen LogP contribution in [0.4, 0.5) is 0 Å². The molecule has 0 saturated heterocycles. The summed E-state index contributed by atoms with van der Waals surface area (Å²) in [5.74, 6) is 1.79. The van der Waals surface area contributed by atoms with Crippen molar-refractivity contribution in [1.82, 2.24) is 15.0 Å². The van der Waals surface area contributed by atoms with Gasteiger partial charge in [0.05, 0.1) is 22.7 Å². The molecule has 7 heteroatoms. The SMILES string of the molecule is Oc1nc(SCc2ncc(-c3ccccc3Cl)o2)nc2c1CCC2. The number of thioether (sulfide) groups is 1. The first-order valence-electron chi connectivity index (χ1n) is 7.62. The van der Waals surface area contributed by atoms with E-state index in [9.17, 15) is 5.11 Å². The predicted molar refractivity (Wildman–Crippen MR) is 92.2 cm³/mol. The van der Waals surface area contributed by atoms with Crippen LogP contribution in [-0.4, -0.2) is 20.1 Å². The molecule has 24 heavy (non-hydrogen) atoms. The summed E-state index contributed by atoms with van der Waals surface area (Å²) in [5.41, 5.74) is 2.65. The van der Waals surface area contributed by atoms with E-state index < -0.39 is 0 Å². The Morgan fingerprint density at radius 3 is 2.96 bits per heavy atom. The number of hydrogen-bond acceptors (Lipinski definition) is 6. The second-order valence-electron chi connectivity index (χ2n) is 5.50. The quantitative estimate of drug-likeness (QED) is 0.554. The standard InChI is InChI=1S/C17H14ClN3O2S/c18-12-6-2-1-4-10(12)14-8-19-15(23-14)9-24-17-20-13-7-3-5-11(13)16(22)21-17/h1-2,4,6,8H,3,5,7,9H2,(H,20,21,22). The fraction of sp³-hybridized carbons (Fsp3) is 0.235. The van der Waals surface area contributed by atoms with Crippen LogP contribution in [0.2, 0.25) is 5.02 Å². The molecule has 1 N–H and O–H groups in total. The minimum absolute atomic E-state index is 0.101. The monoisotopic (exact) mass is 359 g/mol. The van der Waals surface area contributed by atoms with Crippen LogP contribution in [0.5, 0.6) is 5.88 Å². The van der Waals surface area contributed by atoms with Gasteiger partial charge in [0.25, 0.3) is 0 Å². The molecule has 2 aromatic heterocycles. The molecule has 0 bridgehead atoms. The fourth-order valence-electron chi connectivity index (χ4n) is 2.74. The first-order chi connectivity index (χ1) is 11.7.